The van der Waals surface area contributed by atoms with Gasteiger partial charge >= 0.3 is 0 Å². The molecule has 4 heterocycles. The standard InChI is InChI=1S/C20H11N7S2/c1-2-6-13(12(5-1)18-23-14-7-3-4-8-16(14)28-18)19-26-27-17(24-25-20(27)29-19)15-11-21-9-10-22-15/h1-11H. The van der Waals surface area contributed by atoms with E-state index in [-0.39, 0.29) is 0 Å². The quantitative estimate of drug-likeness (QED) is 0.422. The van der Waals surface area contributed by atoms with Crippen LogP contribution < -0.4 is 0 Å². The maximum atomic E-state index is 4.82. The van der Waals surface area contributed by atoms with Gasteiger partial charge in [0, 0.05) is 23.5 Å². The minimum Gasteiger partial charge on any atom is -0.261 e. The summed E-state index contributed by atoms with van der Waals surface area (Å²) in [5.41, 5.74) is 3.72. The average molecular weight is 413 g/mol. The van der Waals surface area contributed by atoms with Crippen LogP contribution in [-0.4, -0.2) is 34.8 Å². The van der Waals surface area contributed by atoms with Crippen molar-refractivity contribution in [3.63, 3.8) is 0 Å². The van der Waals surface area contributed by atoms with E-state index in [1.807, 2.05) is 30.3 Å². The van der Waals surface area contributed by atoms with E-state index < -0.39 is 0 Å². The Hall–Kier alpha value is -3.56. The first-order chi connectivity index (χ1) is 14.4. The SMILES string of the molecule is c1ccc(-c2nn3c(-c4cnccn4)nnc3s2)c(-c2nc3ccccc3s2)c1. The molecule has 138 valence electrons. The minimum absolute atomic E-state index is 0.577. The number of hydrogen-bond acceptors (Lipinski definition) is 8. The maximum absolute atomic E-state index is 4.82. The molecular formula is C20H11N7S2. The highest BCUT2D eigenvalue weighted by atomic mass is 32.1. The highest BCUT2D eigenvalue weighted by Gasteiger charge is 2.18. The van der Waals surface area contributed by atoms with Gasteiger partial charge in [-0.3, -0.25) is 4.98 Å². The molecule has 9 heteroatoms. The molecule has 29 heavy (non-hydrogen) atoms. The molecule has 0 aliphatic carbocycles. The Balaban J connectivity index is 1.51. The van der Waals surface area contributed by atoms with Crippen molar-refractivity contribution in [2.75, 3.05) is 0 Å². The van der Waals surface area contributed by atoms with E-state index in [1.165, 1.54) is 16.0 Å². The van der Waals surface area contributed by atoms with E-state index in [2.05, 4.69) is 38.4 Å². The lowest BCUT2D eigenvalue weighted by Gasteiger charge is -2.03. The van der Waals surface area contributed by atoms with Crippen LogP contribution >= 0.6 is 22.7 Å². The van der Waals surface area contributed by atoms with Gasteiger partial charge in [0.25, 0.3) is 0 Å². The van der Waals surface area contributed by atoms with Gasteiger partial charge in [-0.1, -0.05) is 47.7 Å². The fourth-order valence-corrected chi connectivity index (χ4v) is 5.03. The van der Waals surface area contributed by atoms with Gasteiger partial charge in [-0.2, -0.15) is 9.61 Å². The Morgan fingerprint density at radius 3 is 2.45 bits per heavy atom. The van der Waals surface area contributed by atoms with Gasteiger partial charge < -0.3 is 0 Å². The summed E-state index contributed by atoms with van der Waals surface area (Å²) >= 11 is 3.17. The monoisotopic (exact) mass is 413 g/mol. The van der Waals surface area contributed by atoms with Gasteiger partial charge in [0.2, 0.25) is 10.8 Å². The Bertz CT molecular complexity index is 1430. The summed E-state index contributed by atoms with van der Waals surface area (Å²) in [5.74, 6) is 0.577. The lowest BCUT2D eigenvalue weighted by atomic mass is 10.1. The van der Waals surface area contributed by atoms with Crippen LogP contribution in [0.5, 0.6) is 0 Å². The Morgan fingerprint density at radius 1 is 0.793 bits per heavy atom. The molecule has 0 aliphatic heterocycles. The zero-order valence-electron chi connectivity index (χ0n) is 14.8. The molecule has 6 rings (SSSR count). The third-order valence-electron chi connectivity index (χ3n) is 4.46. The summed E-state index contributed by atoms with van der Waals surface area (Å²) in [4.78, 5) is 14.0. The Kier molecular flexibility index (Phi) is 3.68. The van der Waals surface area contributed by atoms with E-state index in [9.17, 15) is 0 Å². The third-order valence-corrected chi connectivity index (χ3v) is 6.47. The molecule has 0 bridgehead atoms. The molecule has 0 unspecified atom stereocenters. The van der Waals surface area contributed by atoms with Gasteiger partial charge in [-0.25, -0.2) is 9.97 Å². The Labute approximate surface area is 172 Å². The van der Waals surface area contributed by atoms with Crippen LogP contribution in [0.1, 0.15) is 0 Å². The number of para-hydroxylation sites is 1. The maximum Gasteiger partial charge on any atom is 0.235 e. The molecule has 0 amide bonds. The van der Waals surface area contributed by atoms with Crippen molar-refractivity contribution in [1.82, 2.24) is 34.8 Å². The van der Waals surface area contributed by atoms with Crippen molar-refractivity contribution in [2.45, 2.75) is 0 Å². The first-order valence-corrected chi connectivity index (χ1v) is 10.4. The normalized spacial score (nSPS) is 11.4. The largest absolute Gasteiger partial charge is 0.261 e. The number of rotatable bonds is 3. The summed E-state index contributed by atoms with van der Waals surface area (Å²) in [6, 6.07) is 16.4. The second-order valence-electron chi connectivity index (χ2n) is 6.25. The summed E-state index contributed by atoms with van der Waals surface area (Å²) in [6.45, 7) is 0. The lowest BCUT2D eigenvalue weighted by molar-refractivity contribution is 0.958. The molecule has 4 aromatic heterocycles. The number of hydrogen-bond donors (Lipinski definition) is 0. The van der Waals surface area contributed by atoms with E-state index in [4.69, 9.17) is 10.1 Å². The molecule has 0 N–H and O–H groups in total. The fraction of sp³-hybridized carbons (Fsp3) is 0. The number of aromatic nitrogens is 7. The second kappa shape index (κ2) is 6.50. The molecule has 0 saturated carbocycles. The average Bonchev–Trinajstić information content (AvgIpc) is 3.48. The van der Waals surface area contributed by atoms with Gasteiger partial charge in [-0.05, 0) is 12.1 Å². The summed E-state index contributed by atoms with van der Waals surface area (Å²) in [7, 11) is 0. The van der Waals surface area contributed by atoms with Crippen LogP contribution in [-0.2, 0) is 0 Å². The van der Waals surface area contributed by atoms with Gasteiger partial charge in [-0.15, -0.1) is 21.5 Å². The summed E-state index contributed by atoms with van der Waals surface area (Å²) in [5, 5.41) is 15.1. The van der Waals surface area contributed by atoms with E-state index in [0.29, 0.717) is 16.5 Å². The van der Waals surface area contributed by atoms with Crippen LogP contribution in [0.15, 0.2) is 67.1 Å². The van der Waals surface area contributed by atoms with Gasteiger partial charge in [0.15, 0.2) is 0 Å². The van der Waals surface area contributed by atoms with Crippen molar-refractivity contribution < 1.29 is 0 Å². The highest BCUT2D eigenvalue weighted by Crippen LogP contribution is 2.38. The second-order valence-corrected chi connectivity index (χ2v) is 8.23. The summed E-state index contributed by atoms with van der Waals surface area (Å²) in [6.07, 6.45) is 4.92. The van der Waals surface area contributed by atoms with Crippen molar-refractivity contribution in [2.24, 2.45) is 0 Å². The molecule has 0 fully saturated rings. The molecule has 0 radical (unpaired) electrons. The zero-order valence-corrected chi connectivity index (χ0v) is 16.4. The van der Waals surface area contributed by atoms with Crippen LogP contribution in [0, 0.1) is 0 Å². The molecule has 2 aromatic carbocycles. The van der Waals surface area contributed by atoms with Gasteiger partial charge in [0.05, 0.1) is 16.4 Å². The first kappa shape index (κ1) is 16.4. The fourth-order valence-electron chi connectivity index (χ4n) is 3.14. The molecule has 0 spiro atoms. The molecular weight excluding hydrogens is 402 g/mol. The van der Waals surface area contributed by atoms with Crippen LogP contribution in [0.25, 0.3) is 47.8 Å². The molecule has 7 nitrogen and oxygen atoms in total. The Morgan fingerprint density at radius 2 is 1.62 bits per heavy atom. The lowest BCUT2D eigenvalue weighted by Crippen LogP contribution is -1.94. The number of fused-ring (bicyclic) bond motifs is 2. The molecule has 0 saturated heterocycles. The van der Waals surface area contributed by atoms with Crippen molar-refractivity contribution in [1.29, 1.82) is 0 Å². The van der Waals surface area contributed by atoms with Crippen molar-refractivity contribution >= 4 is 37.9 Å². The van der Waals surface area contributed by atoms with Crippen LogP contribution in [0.4, 0.5) is 0 Å². The predicted octanol–water partition coefficient (Wildman–Crippen LogP) is 4.59. The van der Waals surface area contributed by atoms with Crippen LogP contribution in [0.3, 0.4) is 0 Å². The highest BCUT2D eigenvalue weighted by molar-refractivity contribution is 7.22. The van der Waals surface area contributed by atoms with E-state index in [0.717, 1.165) is 26.7 Å². The summed E-state index contributed by atoms with van der Waals surface area (Å²) < 4.78 is 2.89. The molecule has 0 atom stereocenters. The predicted molar refractivity (Wildman–Crippen MR) is 114 cm³/mol. The zero-order chi connectivity index (χ0) is 19.2. The van der Waals surface area contributed by atoms with Crippen molar-refractivity contribution in [3.05, 3.63) is 67.1 Å². The first-order valence-electron chi connectivity index (χ1n) is 8.81. The minimum atomic E-state index is 0.577. The third kappa shape index (κ3) is 2.71. The van der Waals surface area contributed by atoms with E-state index >= 15 is 0 Å². The molecule has 0 aliphatic rings. The number of nitrogens with zero attached hydrogens (tertiary/aromatic N) is 7. The molecule has 6 aromatic rings. The number of benzene rings is 2. The van der Waals surface area contributed by atoms with Crippen molar-refractivity contribution in [3.8, 4) is 32.7 Å². The number of thiazole rings is 1. The smallest absolute Gasteiger partial charge is 0.235 e. The van der Waals surface area contributed by atoms with Crippen LogP contribution in [0.2, 0.25) is 0 Å². The van der Waals surface area contributed by atoms with E-state index in [1.54, 1.807) is 34.4 Å². The van der Waals surface area contributed by atoms with Gasteiger partial charge in [0.1, 0.15) is 15.7 Å². The topological polar surface area (TPSA) is 81.8 Å².